The van der Waals surface area contributed by atoms with E-state index in [-0.39, 0.29) is 6.10 Å². The molecule has 0 fully saturated rings. The first-order valence-electron chi connectivity index (χ1n) is 4.81. The topological polar surface area (TPSA) is 20.2 Å². The van der Waals surface area contributed by atoms with Crippen molar-refractivity contribution < 1.29 is 5.11 Å². The molecule has 3 unspecified atom stereocenters. The van der Waals surface area contributed by atoms with Crippen molar-refractivity contribution in [3.63, 3.8) is 0 Å². The van der Waals surface area contributed by atoms with Gasteiger partial charge in [0.15, 0.2) is 0 Å². The summed E-state index contributed by atoms with van der Waals surface area (Å²) < 4.78 is 0. The van der Waals surface area contributed by atoms with E-state index in [1.807, 2.05) is 6.92 Å². The first-order chi connectivity index (χ1) is 5.13. The van der Waals surface area contributed by atoms with E-state index < -0.39 is 0 Å². The molecule has 0 radical (unpaired) electrons. The Labute approximate surface area is 70.8 Å². The Morgan fingerprint density at radius 2 is 1.73 bits per heavy atom. The van der Waals surface area contributed by atoms with Gasteiger partial charge in [0.05, 0.1) is 6.10 Å². The van der Waals surface area contributed by atoms with Crippen LogP contribution in [0.25, 0.3) is 0 Å². The summed E-state index contributed by atoms with van der Waals surface area (Å²) in [6, 6.07) is 0. The summed E-state index contributed by atoms with van der Waals surface area (Å²) in [5, 5.41) is 9.52. The minimum absolute atomic E-state index is 0.100. The molecule has 0 amide bonds. The average Bonchev–Trinajstić information content (AvgIpc) is 2.02. The Morgan fingerprint density at radius 3 is 2.09 bits per heavy atom. The highest BCUT2D eigenvalue weighted by atomic mass is 16.3. The fraction of sp³-hybridized carbons (Fsp3) is 1.00. The fourth-order valence-corrected chi connectivity index (χ4v) is 1.47. The number of rotatable bonds is 5. The van der Waals surface area contributed by atoms with Crippen molar-refractivity contribution in [2.24, 2.45) is 11.8 Å². The summed E-state index contributed by atoms with van der Waals surface area (Å²) in [5.74, 6) is 1.12. The molecule has 1 nitrogen and oxygen atoms in total. The van der Waals surface area contributed by atoms with Crippen LogP contribution in [-0.2, 0) is 0 Å². The van der Waals surface area contributed by atoms with Crippen LogP contribution in [0.15, 0.2) is 0 Å². The first kappa shape index (κ1) is 11.0. The number of hydrogen-bond acceptors (Lipinski definition) is 1. The summed E-state index contributed by atoms with van der Waals surface area (Å²) in [4.78, 5) is 0. The number of hydrogen-bond donors (Lipinski definition) is 1. The summed E-state index contributed by atoms with van der Waals surface area (Å²) in [6.45, 7) is 8.61. The molecule has 0 aliphatic carbocycles. The highest BCUT2D eigenvalue weighted by molar-refractivity contribution is 4.68. The third-order valence-corrected chi connectivity index (χ3v) is 2.67. The van der Waals surface area contributed by atoms with E-state index >= 15 is 0 Å². The third kappa shape index (κ3) is 3.76. The lowest BCUT2D eigenvalue weighted by Gasteiger charge is -2.23. The zero-order valence-electron chi connectivity index (χ0n) is 8.30. The molecule has 0 spiro atoms. The summed E-state index contributed by atoms with van der Waals surface area (Å²) in [7, 11) is 0. The molecule has 1 heteroatoms. The van der Waals surface area contributed by atoms with Crippen molar-refractivity contribution in [2.45, 2.75) is 53.1 Å². The lowest BCUT2D eigenvalue weighted by atomic mass is 9.86. The van der Waals surface area contributed by atoms with Gasteiger partial charge < -0.3 is 5.11 Å². The molecule has 0 aromatic rings. The minimum atomic E-state index is -0.100. The zero-order valence-corrected chi connectivity index (χ0v) is 8.30. The normalized spacial score (nSPS) is 19.4. The van der Waals surface area contributed by atoms with E-state index in [2.05, 4.69) is 20.8 Å². The van der Waals surface area contributed by atoms with Gasteiger partial charge in [0, 0.05) is 0 Å². The van der Waals surface area contributed by atoms with E-state index in [1.54, 1.807) is 0 Å². The Morgan fingerprint density at radius 1 is 1.18 bits per heavy atom. The van der Waals surface area contributed by atoms with Gasteiger partial charge in [0.1, 0.15) is 0 Å². The minimum Gasteiger partial charge on any atom is -0.393 e. The van der Waals surface area contributed by atoms with Crippen LogP contribution in [0, 0.1) is 11.8 Å². The highest BCUT2D eigenvalue weighted by Gasteiger charge is 2.17. The van der Waals surface area contributed by atoms with Gasteiger partial charge >= 0.3 is 0 Å². The van der Waals surface area contributed by atoms with Gasteiger partial charge in [-0.05, 0) is 18.3 Å². The molecule has 0 heterocycles. The van der Waals surface area contributed by atoms with Crippen LogP contribution in [0.3, 0.4) is 0 Å². The Balaban J connectivity index is 3.70. The largest absolute Gasteiger partial charge is 0.393 e. The molecular formula is C10H22O. The fourth-order valence-electron chi connectivity index (χ4n) is 1.47. The predicted molar refractivity (Wildman–Crippen MR) is 49.5 cm³/mol. The molecule has 0 saturated carbocycles. The summed E-state index contributed by atoms with van der Waals surface area (Å²) in [6.07, 6.45) is 3.24. The second kappa shape index (κ2) is 5.59. The van der Waals surface area contributed by atoms with Gasteiger partial charge in [-0.2, -0.15) is 0 Å². The summed E-state index contributed by atoms with van der Waals surface area (Å²) in [5.41, 5.74) is 0. The molecule has 11 heavy (non-hydrogen) atoms. The predicted octanol–water partition coefficient (Wildman–Crippen LogP) is 2.83. The van der Waals surface area contributed by atoms with Crippen molar-refractivity contribution in [1.82, 2.24) is 0 Å². The van der Waals surface area contributed by atoms with Gasteiger partial charge in [-0.1, -0.05) is 40.5 Å². The van der Waals surface area contributed by atoms with E-state index in [4.69, 9.17) is 0 Å². The molecule has 0 aliphatic heterocycles. The van der Waals surface area contributed by atoms with Crippen LogP contribution in [-0.4, -0.2) is 11.2 Å². The van der Waals surface area contributed by atoms with Crippen molar-refractivity contribution in [2.75, 3.05) is 0 Å². The lowest BCUT2D eigenvalue weighted by molar-refractivity contribution is 0.0811. The standard InChI is InChI=1S/C10H22O/c1-5-7-8(3)9(4)10(11)6-2/h8-11H,5-7H2,1-4H3. The maximum Gasteiger partial charge on any atom is 0.0565 e. The molecule has 0 aliphatic rings. The molecule has 3 atom stereocenters. The Bertz CT molecular complexity index is 90.9. The van der Waals surface area contributed by atoms with Crippen LogP contribution in [0.4, 0.5) is 0 Å². The van der Waals surface area contributed by atoms with Gasteiger partial charge in [-0.15, -0.1) is 0 Å². The van der Waals surface area contributed by atoms with E-state index in [0.29, 0.717) is 11.8 Å². The molecule has 0 aromatic carbocycles. The summed E-state index contributed by atoms with van der Waals surface area (Å²) >= 11 is 0. The molecular weight excluding hydrogens is 136 g/mol. The second-order valence-corrected chi connectivity index (χ2v) is 3.60. The molecule has 0 saturated heterocycles. The van der Waals surface area contributed by atoms with Gasteiger partial charge in [0.25, 0.3) is 0 Å². The quantitative estimate of drug-likeness (QED) is 0.652. The average molecular weight is 158 g/mol. The monoisotopic (exact) mass is 158 g/mol. The van der Waals surface area contributed by atoms with Crippen molar-refractivity contribution >= 4 is 0 Å². The van der Waals surface area contributed by atoms with Crippen molar-refractivity contribution in [1.29, 1.82) is 0 Å². The van der Waals surface area contributed by atoms with Crippen molar-refractivity contribution in [3.05, 3.63) is 0 Å². The Hall–Kier alpha value is -0.0400. The van der Waals surface area contributed by atoms with Crippen LogP contribution in [0.2, 0.25) is 0 Å². The van der Waals surface area contributed by atoms with Crippen LogP contribution < -0.4 is 0 Å². The Kier molecular flexibility index (Phi) is 5.57. The van der Waals surface area contributed by atoms with Crippen LogP contribution in [0.5, 0.6) is 0 Å². The maximum absolute atomic E-state index is 9.52. The van der Waals surface area contributed by atoms with Gasteiger partial charge in [-0.3, -0.25) is 0 Å². The van der Waals surface area contributed by atoms with E-state index in [0.717, 1.165) is 6.42 Å². The third-order valence-electron chi connectivity index (χ3n) is 2.67. The molecule has 0 rings (SSSR count). The van der Waals surface area contributed by atoms with Crippen LogP contribution in [0.1, 0.15) is 47.0 Å². The van der Waals surface area contributed by atoms with Crippen LogP contribution >= 0.6 is 0 Å². The van der Waals surface area contributed by atoms with E-state index in [9.17, 15) is 5.11 Å². The SMILES string of the molecule is CCCC(C)C(C)C(O)CC. The first-order valence-corrected chi connectivity index (χ1v) is 4.81. The molecule has 1 N–H and O–H groups in total. The zero-order chi connectivity index (χ0) is 8.85. The van der Waals surface area contributed by atoms with Gasteiger partial charge in [-0.25, -0.2) is 0 Å². The molecule has 0 aromatic heterocycles. The molecule has 68 valence electrons. The molecule has 0 bridgehead atoms. The lowest BCUT2D eigenvalue weighted by Crippen LogP contribution is -2.22. The van der Waals surface area contributed by atoms with Gasteiger partial charge in [0.2, 0.25) is 0 Å². The second-order valence-electron chi connectivity index (χ2n) is 3.60. The smallest absolute Gasteiger partial charge is 0.0565 e. The highest BCUT2D eigenvalue weighted by Crippen LogP contribution is 2.21. The van der Waals surface area contributed by atoms with Crippen molar-refractivity contribution in [3.8, 4) is 0 Å². The maximum atomic E-state index is 9.52. The van der Waals surface area contributed by atoms with E-state index in [1.165, 1.54) is 12.8 Å². The number of aliphatic hydroxyl groups excluding tert-OH is 1. The number of aliphatic hydroxyl groups is 1.